The summed E-state index contributed by atoms with van der Waals surface area (Å²) in [5, 5.41) is 57.5. The Labute approximate surface area is 231 Å². The van der Waals surface area contributed by atoms with Gasteiger partial charge in [-0.25, -0.2) is 9.36 Å². The molecule has 0 radical (unpaired) electrons. The number of hydrogen-bond acceptors (Lipinski definition) is 11. The molecule has 0 aromatic carbocycles. The number of aliphatic hydroxyl groups is 3. The van der Waals surface area contributed by atoms with E-state index in [4.69, 9.17) is 4.74 Å². The van der Waals surface area contributed by atoms with E-state index in [0.717, 1.165) is 41.7 Å². The molecular weight excluding hydrogens is 545 g/mol. The minimum absolute atomic E-state index is 0.00505. The van der Waals surface area contributed by atoms with Crippen molar-refractivity contribution in [3.8, 4) is 22.5 Å². The highest BCUT2D eigenvalue weighted by molar-refractivity contribution is 8.00. The Morgan fingerprint density at radius 3 is 2.26 bits per heavy atom. The van der Waals surface area contributed by atoms with Gasteiger partial charge in [0.2, 0.25) is 0 Å². The predicted octanol–water partition coefficient (Wildman–Crippen LogP) is 3.39. The fourth-order valence-electron chi connectivity index (χ4n) is 5.13. The van der Waals surface area contributed by atoms with Gasteiger partial charge in [-0.3, -0.25) is 0 Å². The highest BCUT2D eigenvalue weighted by Gasteiger charge is 2.47. The molecule has 4 aromatic rings. The molecule has 10 nitrogen and oxygen atoms in total. The normalized spacial score (nSPS) is 30.1. The van der Waals surface area contributed by atoms with Crippen molar-refractivity contribution < 1.29 is 20.1 Å². The first-order chi connectivity index (χ1) is 18.5. The summed E-state index contributed by atoms with van der Waals surface area (Å²) in [6, 6.07) is 3.12. The Bertz CT molecular complexity index is 1360. The molecule has 2 aliphatic rings. The maximum absolute atomic E-state index is 11.4. The van der Waals surface area contributed by atoms with Gasteiger partial charge in [-0.15, -0.1) is 22.0 Å². The molecule has 0 bridgehead atoms. The van der Waals surface area contributed by atoms with Crippen molar-refractivity contribution in [2.24, 2.45) is 0 Å². The van der Waals surface area contributed by atoms with Crippen LogP contribution in [0.25, 0.3) is 22.5 Å². The number of aromatic nitrogens is 6. The maximum Gasteiger partial charge on any atom is 0.132 e. The van der Waals surface area contributed by atoms with E-state index in [1.807, 2.05) is 44.5 Å². The summed E-state index contributed by atoms with van der Waals surface area (Å²) in [5.74, 6) is 0. The summed E-state index contributed by atoms with van der Waals surface area (Å²) in [6.45, 7) is 4.03. The van der Waals surface area contributed by atoms with Gasteiger partial charge in [-0.05, 0) is 47.7 Å². The van der Waals surface area contributed by atoms with Gasteiger partial charge in [-0.2, -0.15) is 22.7 Å². The Morgan fingerprint density at radius 2 is 1.63 bits per heavy atom. The van der Waals surface area contributed by atoms with E-state index in [0.29, 0.717) is 5.69 Å². The molecule has 6 rings (SSSR count). The summed E-state index contributed by atoms with van der Waals surface area (Å²) < 4.78 is 9.38. The highest BCUT2D eigenvalue weighted by Crippen LogP contribution is 2.44. The molecule has 5 heterocycles. The lowest BCUT2D eigenvalue weighted by molar-refractivity contribution is -0.178. The van der Waals surface area contributed by atoms with E-state index in [2.05, 4.69) is 27.2 Å². The van der Waals surface area contributed by atoms with Gasteiger partial charge in [0.1, 0.15) is 41.2 Å². The van der Waals surface area contributed by atoms with E-state index in [1.165, 1.54) is 16.4 Å². The molecule has 0 amide bonds. The fraction of sp³-hybridized carbons (Fsp3) is 0.440. The second kappa shape index (κ2) is 11.0. The molecule has 0 spiro atoms. The molecule has 2 fully saturated rings. The molecular formula is C25H28N6O4S3. The van der Waals surface area contributed by atoms with Gasteiger partial charge < -0.3 is 20.1 Å². The van der Waals surface area contributed by atoms with Gasteiger partial charge in [-0.1, -0.05) is 17.0 Å². The number of ether oxygens (including phenoxy) is 1. The molecule has 1 saturated carbocycles. The topological polar surface area (TPSA) is 131 Å². The van der Waals surface area contributed by atoms with Crippen LogP contribution < -0.4 is 0 Å². The second-order valence-corrected chi connectivity index (χ2v) is 12.4. The molecule has 13 heteroatoms. The van der Waals surface area contributed by atoms with Crippen molar-refractivity contribution in [2.75, 3.05) is 6.61 Å². The first-order valence-corrected chi connectivity index (χ1v) is 15.2. The Balaban J connectivity index is 1.20. The smallest absolute Gasteiger partial charge is 0.132 e. The SMILES string of the molecule is C=C1C(n2cc(-c3ccsc3)nn2)CCC[C@H]1S[C@@H]1OC(CO)[C@H](O)C(n2cc(-c3ccsc3)nn2)[C@@H]1O. The quantitative estimate of drug-likeness (QED) is 0.285. The summed E-state index contributed by atoms with van der Waals surface area (Å²) in [7, 11) is 0. The maximum atomic E-state index is 11.4. The molecule has 1 aliphatic carbocycles. The standard InChI is InChI=1S/C25H28N6O4S3/c1-14-19(30-9-17(26-28-30)15-5-7-36-12-15)3-2-4-21(14)38-25-24(34)22(23(33)20(11-32)35-25)31-10-18(27-29-31)16-6-8-37-13-16/h5-10,12-13,19-25,32-34H,1-4,11H2/t19?,20?,21-,22?,23+,24+,25+/m1/s1. The van der Waals surface area contributed by atoms with Crippen molar-refractivity contribution >= 4 is 34.4 Å². The molecule has 38 heavy (non-hydrogen) atoms. The second-order valence-electron chi connectivity index (χ2n) is 9.54. The van der Waals surface area contributed by atoms with Crippen LogP contribution in [-0.4, -0.2) is 80.9 Å². The van der Waals surface area contributed by atoms with Gasteiger partial charge >= 0.3 is 0 Å². The van der Waals surface area contributed by atoms with Gasteiger partial charge in [0.05, 0.1) is 25.0 Å². The lowest BCUT2D eigenvalue weighted by atomic mass is 9.90. The van der Waals surface area contributed by atoms with E-state index < -0.39 is 29.8 Å². The van der Waals surface area contributed by atoms with Crippen LogP contribution in [0.2, 0.25) is 0 Å². The van der Waals surface area contributed by atoms with E-state index in [-0.39, 0.29) is 17.9 Å². The zero-order valence-corrected chi connectivity index (χ0v) is 22.8. The average molecular weight is 573 g/mol. The Kier molecular flexibility index (Phi) is 7.49. The lowest BCUT2D eigenvalue weighted by Crippen LogP contribution is -2.55. The van der Waals surface area contributed by atoms with Crippen LogP contribution in [0.1, 0.15) is 31.3 Å². The summed E-state index contributed by atoms with van der Waals surface area (Å²) in [4.78, 5) is 0. The first-order valence-electron chi connectivity index (χ1n) is 12.4. The molecule has 3 unspecified atom stereocenters. The van der Waals surface area contributed by atoms with Crippen LogP contribution in [0.4, 0.5) is 0 Å². The van der Waals surface area contributed by atoms with Crippen LogP contribution in [-0.2, 0) is 4.74 Å². The Hall–Kier alpha value is -2.39. The number of hydrogen-bond donors (Lipinski definition) is 3. The lowest BCUT2D eigenvalue weighted by Gasteiger charge is -2.43. The fourth-order valence-corrected chi connectivity index (χ4v) is 7.92. The van der Waals surface area contributed by atoms with Crippen LogP contribution in [0.3, 0.4) is 0 Å². The zero-order valence-electron chi connectivity index (χ0n) is 20.4. The molecule has 4 aromatic heterocycles. The third-order valence-electron chi connectivity index (χ3n) is 7.21. The summed E-state index contributed by atoms with van der Waals surface area (Å²) in [5.41, 5.74) is 3.73. The minimum Gasteiger partial charge on any atom is -0.394 e. The van der Waals surface area contributed by atoms with Gasteiger partial charge in [0, 0.05) is 27.1 Å². The molecule has 1 saturated heterocycles. The number of nitrogens with zero attached hydrogens (tertiary/aromatic N) is 6. The largest absolute Gasteiger partial charge is 0.394 e. The van der Waals surface area contributed by atoms with Crippen molar-refractivity contribution in [1.82, 2.24) is 30.0 Å². The molecule has 3 N–H and O–H groups in total. The third-order valence-corrected chi connectivity index (χ3v) is 10.1. The molecule has 1 aliphatic heterocycles. The zero-order chi connectivity index (χ0) is 26.2. The Morgan fingerprint density at radius 1 is 0.974 bits per heavy atom. The molecule has 200 valence electrons. The van der Waals surface area contributed by atoms with Crippen molar-refractivity contribution in [1.29, 1.82) is 0 Å². The third kappa shape index (κ3) is 4.88. The highest BCUT2D eigenvalue weighted by atomic mass is 32.2. The molecule has 7 atom stereocenters. The van der Waals surface area contributed by atoms with Crippen molar-refractivity contribution in [3.05, 3.63) is 58.2 Å². The summed E-state index contributed by atoms with van der Waals surface area (Å²) in [6.07, 6.45) is 3.30. The average Bonchev–Trinajstić information content (AvgIpc) is 3.74. The summed E-state index contributed by atoms with van der Waals surface area (Å²) >= 11 is 4.64. The number of rotatable bonds is 7. The number of aliphatic hydroxyl groups excluding tert-OH is 3. The van der Waals surface area contributed by atoms with Gasteiger partial charge in [0.25, 0.3) is 0 Å². The van der Waals surface area contributed by atoms with Crippen molar-refractivity contribution in [3.63, 3.8) is 0 Å². The van der Waals surface area contributed by atoms with Crippen LogP contribution >= 0.6 is 34.4 Å². The van der Waals surface area contributed by atoms with Crippen molar-refractivity contribution in [2.45, 2.75) is 60.3 Å². The first kappa shape index (κ1) is 25.9. The number of thiophene rings is 2. The van der Waals surface area contributed by atoms with Gasteiger partial charge in [0.15, 0.2) is 0 Å². The predicted molar refractivity (Wildman–Crippen MR) is 147 cm³/mol. The van der Waals surface area contributed by atoms with Crippen LogP contribution in [0.15, 0.2) is 58.2 Å². The van der Waals surface area contributed by atoms with E-state index in [1.54, 1.807) is 28.9 Å². The van der Waals surface area contributed by atoms with E-state index >= 15 is 0 Å². The minimum atomic E-state index is -1.16. The van der Waals surface area contributed by atoms with Crippen LogP contribution in [0.5, 0.6) is 0 Å². The monoisotopic (exact) mass is 572 g/mol. The number of thioether (sulfide) groups is 1. The van der Waals surface area contributed by atoms with E-state index in [9.17, 15) is 15.3 Å². The van der Waals surface area contributed by atoms with Crippen LogP contribution in [0, 0.1) is 0 Å².